The Morgan fingerprint density at radius 3 is 2.60 bits per heavy atom. The Kier molecular flexibility index (Phi) is 3.81. The van der Waals surface area contributed by atoms with E-state index in [0.29, 0.717) is 5.82 Å². The van der Waals surface area contributed by atoms with Gasteiger partial charge in [-0.25, -0.2) is 9.78 Å². The summed E-state index contributed by atoms with van der Waals surface area (Å²) in [7, 11) is 0. The highest BCUT2D eigenvalue weighted by Crippen LogP contribution is 2.30. The molecule has 0 amide bonds. The van der Waals surface area contributed by atoms with Crippen LogP contribution in [0.2, 0.25) is 5.15 Å². The highest BCUT2D eigenvalue weighted by atomic mass is 35.5. The summed E-state index contributed by atoms with van der Waals surface area (Å²) < 4.78 is 0. The molecule has 1 aliphatic heterocycles. The van der Waals surface area contributed by atoms with Crippen molar-refractivity contribution in [2.45, 2.75) is 12.8 Å². The molecular weight excluding hydrogens is 278 g/mol. The second kappa shape index (κ2) is 5.58. The number of nitrogens with zero attached hydrogens (tertiary/aromatic N) is 3. The molecule has 20 heavy (non-hydrogen) atoms. The number of aromatic carboxylic acids is 1. The zero-order valence-electron chi connectivity index (χ0n) is 11.3. The predicted molar refractivity (Wildman–Crippen MR) is 77.6 cm³/mol. The standard InChI is InChI=1S/C14H18ClN3O2/c15-12-7-11(14(19)20)8-13(16-12)18-5-3-17(4-6-18)9-10-1-2-10/h7-8,10H,1-6,9H2,(H,19,20). The van der Waals surface area contributed by atoms with E-state index < -0.39 is 5.97 Å². The molecule has 1 aromatic heterocycles. The van der Waals surface area contributed by atoms with Gasteiger partial charge in [-0.1, -0.05) is 11.6 Å². The Hall–Kier alpha value is -1.33. The summed E-state index contributed by atoms with van der Waals surface area (Å²) in [5.74, 6) is 0.605. The summed E-state index contributed by atoms with van der Waals surface area (Å²) in [5.41, 5.74) is 0.195. The summed E-state index contributed by atoms with van der Waals surface area (Å²) in [4.78, 5) is 19.9. The van der Waals surface area contributed by atoms with E-state index in [-0.39, 0.29) is 10.7 Å². The van der Waals surface area contributed by atoms with Crippen LogP contribution in [0.15, 0.2) is 12.1 Å². The van der Waals surface area contributed by atoms with Gasteiger partial charge in [-0.05, 0) is 30.9 Å². The number of carboxylic acid groups (broad SMARTS) is 1. The molecule has 1 saturated heterocycles. The molecule has 0 atom stereocenters. The number of rotatable bonds is 4. The number of halogens is 1. The largest absolute Gasteiger partial charge is 0.478 e. The van der Waals surface area contributed by atoms with Crippen LogP contribution in [0.3, 0.4) is 0 Å². The lowest BCUT2D eigenvalue weighted by molar-refractivity contribution is 0.0696. The van der Waals surface area contributed by atoms with Crippen LogP contribution in [-0.4, -0.2) is 53.7 Å². The molecule has 1 aromatic rings. The maximum absolute atomic E-state index is 11.1. The number of hydrogen-bond acceptors (Lipinski definition) is 4. The minimum Gasteiger partial charge on any atom is -0.478 e. The van der Waals surface area contributed by atoms with Gasteiger partial charge < -0.3 is 10.0 Å². The van der Waals surface area contributed by atoms with E-state index in [4.69, 9.17) is 16.7 Å². The Bertz CT molecular complexity index is 511. The SMILES string of the molecule is O=C(O)c1cc(Cl)nc(N2CCN(CC3CC3)CC2)c1. The molecule has 0 bridgehead atoms. The van der Waals surface area contributed by atoms with Crippen molar-refractivity contribution in [2.24, 2.45) is 5.92 Å². The first-order chi connectivity index (χ1) is 9.61. The third-order valence-electron chi connectivity index (χ3n) is 3.94. The smallest absolute Gasteiger partial charge is 0.335 e. The van der Waals surface area contributed by atoms with Crippen LogP contribution in [0, 0.1) is 5.92 Å². The van der Waals surface area contributed by atoms with E-state index in [0.717, 1.165) is 32.1 Å². The van der Waals surface area contributed by atoms with Crippen molar-refractivity contribution in [3.05, 3.63) is 22.8 Å². The zero-order chi connectivity index (χ0) is 14.1. The third kappa shape index (κ3) is 3.22. The fraction of sp³-hybridized carbons (Fsp3) is 0.571. The van der Waals surface area contributed by atoms with Gasteiger partial charge in [-0.15, -0.1) is 0 Å². The number of aromatic nitrogens is 1. The molecule has 1 N–H and O–H groups in total. The number of carboxylic acids is 1. The van der Waals surface area contributed by atoms with E-state index in [1.807, 2.05) is 0 Å². The molecule has 0 aromatic carbocycles. The Morgan fingerprint density at radius 2 is 2.00 bits per heavy atom. The first-order valence-corrected chi connectivity index (χ1v) is 7.38. The lowest BCUT2D eigenvalue weighted by atomic mass is 10.2. The maximum atomic E-state index is 11.1. The minimum atomic E-state index is -0.970. The minimum absolute atomic E-state index is 0.195. The van der Waals surface area contributed by atoms with E-state index in [1.54, 1.807) is 6.07 Å². The lowest BCUT2D eigenvalue weighted by Crippen LogP contribution is -2.47. The van der Waals surface area contributed by atoms with Crippen LogP contribution < -0.4 is 4.90 Å². The van der Waals surface area contributed by atoms with Gasteiger partial charge in [0.15, 0.2) is 0 Å². The highest BCUT2D eigenvalue weighted by molar-refractivity contribution is 6.29. The van der Waals surface area contributed by atoms with Gasteiger partial charge in [-0.3, -0.25) is 4.90 Å². The Labute approximate surface area is 123 Å². The molecule has 0 spiro atoms. The van der Waals surface area contributed by atoms with Crippen LogP contribution >= 0.6 is 11.6 Å². The topological polar surface area (TPSA) is 56.7 Å². The van der Waals surface area contributed by atoms with Crippen LogP contribution in [0.5, 0.6) is 0 Å². The molecule has 2 heterocycles. The van der Waals surface area contributed by atoms with E-state index in [1.165, 1.54) is 25.5 Å². The van der Waals surface area contributed by atoms with Crippen molar-refractivity contribution in [2.75, 3.05) is 37.6 Å². The fourth-order valence-corrected chi connectivity index (χ4v) is 2.80. The molecule has 6 heteroatoms. The van der Waals surface area contributed by atoms with Crippen molar-refractivity contribution >= 4 is 23.4 Å². The van der Waals surface area contributed by atoms with Gasteiger partial charge in [-0.2, -0.15) is 0 Å². The van der Waals surface area contributed by atoms with Crippen molar-refractivity contribution in [1.82, 2.24) is 9.88 Å². The van der Waals surface area contributed by atoms with E-state index in [2.05, 4.69) is 14.8 Å². The molecule has 2 fully saturated rings. The molecule has 5 nitrogen and oxygen atoms in total. The van der Waals surface area contributed by atoms with Gasteiger partial charge in [0, 0.05) is 32.7 Å². The summed E-state index contributed by atoms with van der Waals surface area (Å²) in [6.45, 7) is 4.97. The average Bonchev–Trinajstić information content (AvgIpc) is 3.23. The van der Waals surface area contributed by atoms with Crippen molar-refractivity contribution in [3.63, 3.8) is 0 Å². The first kappa shape index (κ1) is 13.6. The number of hydrogen-bond donors (Lipinski definition) is 1. The summed E-state index contributed by atoms with van der Waals surface area (Å²) in [6.07, 6.45) is 2.75. The van der Waals surface area contributed by atoms with Gasteiger partial charge in [0.25, 0.3) is 0 Å². The predicted octanol–water partition coefficient (Wildman–Crippen LogP) is 1.97. The van der Waals surface area contributed by atoms with Gasteiger partial charge in [0.05, 0.1) is 5.56 Å². The molecule has 108 valence electrons. The monoisotopic (exact) mass is 295 g/mol. The van der Waals surface area contributed by atoms with E-state index in [9.17, 15) is 4.79 Å². The fourth-order valence-electron chi connectivity index (χ4n) is 2.59. The van der Waals surface area contributed by atoms with Crippen molar-refractivity contribution in [1.29, 1.82) is 0 Å². The average molecular weight is 296 g/mol. The maximum Gasteiger partial charge on any atom is 0.335 e. The second-order valence-corrected chi connectivity index (χ2v) is 5.96. The molecule has 1 saturated carbocycles. The van der Waals surface area contributed by atoms with Crippen LogP contribution in [0.4, 0.5) is 5.82 Å². The summed E-state index contributed by atoms with van der Waals surface area (Å²) in [5, 5.41) is 9.30. The number of piperazine rings is 1. The summed E-state index contributed by atoms with van der Waals surface area (Å²) >= 11 is 5.91. The van der Waals surface area contributed by atoms with Gasteiger partial charge in [0.1, 0.15) is 11.0 Å². The highest BCUT2D eigenvalue weighted by Gasteiger charge is 2.26. The lowest BCUT2D eigenvalue weighted by Gasteiger charge is -2.35. The Morgan fingerprint density at radius 1 is 1.30 bits per heavy atom. The normalized spacial score (nSPS) is 20.1. The van der Waals surface area contributed by atoms with E-state index >= 15 is 0 Å². The molecule has 2 aliphatic rings. The Balaban J connectivity index is 1.66. The molecule has 3 rings (SSSR count). The van der Waals surface area contributed by atoms with Crippen LogP contribution in [-0.2, 0) is 0 Å². The quantitative estimate of drug-likeness (QED) is 0.861. The van der Waals surface area contributed by atoms with Crippen LogP contribution in [0.25, 0.3) is 0 Å². The van der Waals surface area contributed by atoms with Crippen molar-refractivity contribution < 1.29 is 9.90 Å². The number of anilines is 1. The zero-order valence-corrected chi connectivity index (χ0v) is 12.0. The first-order valence-electron chi connectivity index (χ1n) is 7.00. The number of pyridine rings is 1. The second-order valence-electron chi connectivity index (χ2n) is 5.57. The van der Waals surface area contributed by atoms with Gasteiger partial charge in [0.2, 0.25) is 0 Å². The van der Waals surface area contributed by atoms with Gasteiger partial charge >= 0.3 is 5.97 Å². The van der Waals surface area contributed by atoms with Crippen LogP contribution in [0.1, 0.15) is 23.2 Å². The molecule has 0 radical (unpaired) electrons. The third-order valence-corrected chi connectivity index (χ3v) is 4.13. The molecule has 1 aliphatic carbocycles. The van der Waals surface area contributed by atoms with Crippen molar-refractivity contribution in [3.8, 4) is 0 Å². The summed E-state index contributed by atoms with van der Waals surface area (Å²) in [6, 6.07) is 2.99. The number of carbonyl (C=O) groups is 1. The molecule has 0 unspecified atom stereocenters. The molecular formula is C14H18ClN3O2.